The van der Waals surface area contributed by atoms with E-state index in [1.54, 1.807) is 24.3 Å². The highest BCUT2D eigenvalue weighted by atomic mass is 32.2. The Kier molecular flexibility index (Phi) is 4.28. The molecular weight excluding hydrogens is 272 g/mol. The van der Waals surface area contributed by atoms with Gasteiger partial charge in [-0.05, 0) is 42.5 Å². The van der Waals surface area contributed by atoms with E-state index in [0.717, 1.165) is 9.79 Å². The van der Waals surface area contributed by atoms with Crippen molar-refractivity contribution >= 4 is 23.4 Å². The van der Waals surface area contributed by atoms with E-state index in [-0.39, 0.29) is 0 Å². The highest BCUT2D eigenvalue weighted by Crippen LogP contribution is 2.30. The molecule has 0 bridgehead atoms. The fourth-order valence-corrected chi connectivity index (χ4v) is 2.50. The molecule has 0 aliphatic heterocycles. The van der Waals surface area contributed by atoms with Crippen molar-refractivity contribution in [3.8, 4) is 6.07 Å². The maximum Gasteiger partial charge on any atom is 0.339 e. The van der Waals surface area contributed by atoms with Crippen LogP contribution in [0.4, 0.5) is 5.69 Å². The molecule has 0 aliphatic carbocycles. The second-order valence-corrected chi connectivity index (χ2v) is 5.13. The Morgan fingerprint density at radius 2 is 1.85 bits per heavy atom. The summed E-state index contributed by atoms with van der Waals surface area (Å²) in [4.78, 5) is 13.3. The Labute approximate surface area is 121 Å². The predicted molar refractivity (Wildman–Crippen MR) is 77.5 cm³/mol. The molecule has 0 spiro atoms. The minimum atomic E-state index is -0.447. The molecular formula is C15H12N2O2S. The van der Waals surface area contributed by atoms with Gasteiger partial charge in [-0.3, -0.25) is 0 Å². The summed E-state index contributed by atoms with van der Waals surface area (Å²) in [6.07, 6.45) is 0. The van der Waals surface area contributed by atoms with Crippen LogP contribution in [0.25, 0.3) is 0 Å². The van der Waals surface area contributed by atoms with Gasteiger partial charge in [-0.2, -0.15) is 5.26 Å². The number of methoxy groups -OCH3 is 1. The monoisotopic (exact) mass is 284 g/mol. The third kappa shape index (κ3) is 3.11. The summed E-state index contributed by atoms with van der Waals surface area (Å²) in [5, 5.41) is 8.74. The highest BCUT2D eigenvalue weighted by Gasteiger charge is 2.10. The third-order valence-electron chi connectivity index (χ3n) is 2.65. The van der Waals surface area contributed by atoms with Crippen LogP contribution in [-0.4, -0.2) is 13.1 Å². The Balaban J connectivity index is 2.20. The van der Waals surface area contributed by atoms with Crippen molar-refractivity contribution in [1.29, 1.82) is 5.26 Å². The summed E-state index contributed by atoms with van der Waals surface area (Å²) < 4.78 is 4.64. The third-order valence-corrected chi connectivity index (χ3v) is 3.64. The van der Waals surface area contributed by atoms with Crippen molar-refractivity contribution in [1.82, 2.24) is 0 Å². The first kappa shape index (κ1) is 14.0. The van der Waals surface area contributed by atoms with Crippen LogP contribution in [-0.2, 0) is 4.74 Å². The molecule has 0 radical (unpaired) electrons. The molecule has 0 unspecified atom stereocenters. The normalized spacial score (nSPS) is 9.80. The number of rotatable bonds is 3. The number of nitrogen functional groups attached to an aromatic ring is 1. The SMILES string of the molecule is COC(=O)c1ccc(Sc2ccc(C#N)cc2)cc1N. The summed E-state index contributed by atoms with van der Waals surface area (Å²) in [6, 6.07) is 14.5. The first-order valence-corrected chi connectivity index (χ1v) is 6.61. The van der Waals surface area contributed by atoms with Crippen LogP contribution >= 0.6 is 11.8 Å². The van der Waals surface area contributed by atoms with Crippen LogP contribution in [0.1, 0.15) is 15.9 Å². The van der Waals surface area contributed by atoms with Gasteiger partial charge in [0.2, 0.25) is 0 Å². The second-order valence-electron chi connectivity index (χ2n) is 3.98. The van der Waals surface area contributed by atoms with E-state index < -0.39 is 5.97 Å². The molecule has 100 valence electrons. The number of nitrogens with zero attached hydrogens (tertiary/aromatic N) is 1. The number of carbonyl (C=O) groups excluding carboxylic acids is 1. The van der Waals surface area contributed by atoms with Crippen molar-refractivity contribution in [3.05, 3.63) is 53.6 Å². The van der Waals surface area contributed by atoms with Gasteiger partial charge in [0, 0.05) is 15.5 Å². The second kappa shape index (κ2) is 6.13. The molecule has 4 nitrogen and oxygen atoms in total. The molecule has 5 heteroatoms. The zero-order valence-corrected chi connectivity index (χ0v) is 11.6. The number of esters is 1. The number of ether oxygens (including phenoxy) is 1. The van der Waals surface area contributed by atoms with Crippen LogP contribution in [0.3, 0.4) is 0 Å². The van der Waals surface area contributed by atoms with Gasteiger partial charge >= 0.3 is 5.97 Å². The lowest BCUT2D eigenvalue weighted by Gasteiger charge is -2.06. The Bertz CT molecular complexity index is 675. The molecule has 2 aromatic rings. The molecule has 2 rings (SSSR count). The Hall–Kier alpha value is -2.45. The van der Waals surface area contributed by atoms with E-state index >= 15 is 0 Å². The van der Waals surface area contributed by atoms with Gasteiger partial charge in [-0.1, -0.05) is 11.8 Å². The van der Waals surface area contributed by atoms with Gasteiger partial charge in [0.05, 0.1) is 24.3 Å². The molecule has 0 saturated heterocycles. The number of carbonyl (C=O) groups is 1. The van der Waals surface area contributed by atoms with Gasteiger partial charge < -0.3 is 10.5 Å². The summed E-state index contributed by atoms with van der Waals surface area (Å²) >= 11 is 1.51. The summed E-state index contributed by atoms with van der Waals surface area (Å²) in [5.41, 5.74) is 7.20. The van der Waals surface area contributed by atoms with Crippen LogP contribution in [0.15, 0.2) is 52.3 Å². The number of anilines is 1. The Morgan fingerprint density at radius 1 is 1.20 bits per heavy atom. The van der Waals surface area contributed by atoms with E-state index in [1.165, 1.54) is 18.9 Å². The van der Waals surface area contributed by atoms with E-state index in [2.05, 4.69) is 10.8 Å². The standard InChI is InChI=1S/C15H12N2O2S/c1-19-15(18)13-7-6-12(8-14(13)17)20-11-4-2-10(9-16)3-5-11/h2-8H,17H2,1H3. The lowest BCUT2D eigenvalue weighted by Crippen LogP contribution is -2.05. The zero-order chi connectivity index (χ0) is 14.5. The lowest BCUT2D eigenvalue weighted by atomic mass is 10.2. The topological polar surface area (TPSA) is 76.1 Å². The maximum absolute atomic E-state index is 11.4. The molecule has 0 heterocycles. The molecule has 2 N–H and O–H groups in total. The quantitative estimate of drug-likeness (QED) is 0.692. The average Bonchev–Trinajstić information content (AvgIpc) is 2.47. The molecule has 0 aromatic heterocycles. The van der Waals surface area contributed by atoms with Gasteiger partial charge in [-0.25, -0.2) is 4.79 Å². The number of nitriles is 1. The summed E-state index contributed by atoms with van der Waals surface area (Å²) in [5.74, 6) is -0.447. The van der Waals surface area contributed by atoms with Gasteiger partial charge in [0.15, 0.2) is 0 Å². The average molecular weight is 284 g/mol. The van der Waals surface area contributed by atoms with Gasteiger partial charge in [-0.15, -0.1) is 0 Å². The van der Waals surface area contributed by atoms with Crippen molar-refractivity contribution in [2.24, 2.45) is 0 Å². The van der Waals surface area contributed by atoms with Crippen LogP contribution in [0.5, 0.6) is 0 Å². The van der Waals surface area contributed by atoms with Crippen molar-refractivity contribution in [2.75, 3.05) is 12.8 Å². The Morgan fingerprint density at radius 3 is 2.40 bits per heavy atom. The van der Waals surface area contributed by atoms with Gasteiger partial charge in [0.1, 0.15) is 0 Å². The number of hydrogen-bond donors (Lipinski definition) is 1. The zero-order valence-electron chi connectivity index (χ0n) is 10.8. The van der Waals surface area contributed by atoms with Crippen molar-refractivity contribution in [3.63, 3.8) is 0 Å². The first-order valence-electron chi connectivity index (χ1n) is 5.80. The molecule has 0 fully saturated rings. The number of nitrogens with two attached hydrogens (primary N) is 1. The van der Waals surface area contributed by atoms with Crippen molar-refractivity contribution < 1.29 is 9.53 Å². The number of benzene rings is 2. The molecule has 0 saturated carbocycles. The molecule has 0 atom stereocenters. The smallest absolute Gasteiger partial charge is 0.339 e. The molecule has 2 aromatic carbocycles. The highest BCUT2D eigenvalue weighted by molar-refractivity contribution is 7.99. The van der Waals surface area contributed by atoms with Gasteiger partial charge in [0.25, 0.3) is 0 Å². The molecule has 20 heavy (non-hydrogen) atoms. The fourth-order valence-electron chi connectivity index (χ4n) is 1.63. The lowest BCUT2D eigenvalue weighted by molar-refractivity contribution is 0.0602. The molecule has 0 aliphatic rings. The van der Waals surface area contributed by atoms with Crippen LogP contribution in [0.2, 0.25) is 0 Å². The largest absolute Gasteiger partial charge is 0.465 e. The summed E-state index contributed by atoms with van der Waals surface area (Å²) in [7, 11) is 1.32. The maximum atomic E-state index is 11.4. The van der Waals surface area contributed by atoms with E-state index in [1.807, 2.05) is 18.2 Å². The first-order chi connectivity index (χ1) is 9.63. The van der Waals surface area contributed by atoms with E-state index in [0.29, 0.717) is 16.8 Å². The van der Waals surface area contributed by atoms with E-state index in [4.69, 9.17) is 11.0 Å². The van der Waals surface area contributed by atoms with E-state index in [9.17, 15) is 4.79 Å². The fraction of sp³-hybridized carbons (Fsp3) is 0.0667. The minimum Gasteiger partial charge on any atom is -0.465 e. The minimum absolute atomic E-state index is 0.358. The predicted octanol–water partition coefficient (Wildman–Crippen LogP) is 3.08. The number of hydrogen-bond acceptors (Lipinski definition) is 5. The van der Waals surface area contributed by atoms with Crippen molar-refractivity contribution in [2.45, 2.75) is 9.79 Å². The van der Waals surface area contributed by atoms with Crippen LogP contribution < -0.4 is 5.73 Å². The van der Waals surface area contributed by atoms with Crippen LogP contribution in [0, 0.1) is 11.3 Å². The molecule has 0 amide bonds. The summed E-state index contributed by atoms with van der Waals surface area (Å²) in [6.45, 7) is 0.